The Labute approximate surface area is 97.4 Å². The van der Waals surface area contributed by atoms with Crippen LogP contribution in [0.4, 0.5) is 0 Å². The minimum absolute atomic E-state index is 0.251. The molecule has 2 heteroatoms. The molecular formula is C13H19ClO. The first-order chi connectivity index (χ1) is 7.05. The van der Waals surface area contributed by atoms with Crippen LogP contribution < -0.4 is 0 Å². The summed E-state index contributed by atoms with van der Waals surface area (Å²) in [5.41, 5.74) is 1.31. The van der Waals surface area contributed by atoms with Crippen LogP contribution in [0.2, 0.25) is 5.02 Å². The van der Waals surface area contributed by atoms with Gasteiger partial charge in [-0.3, -0.25) is 0 Å². The monoisotopic (exact) mass is 226 g/mol. The molecule has 0 aromatic heterocycles. The van der Waals surface area contributed by atoms with Crippen LogP contribution in [0.15, 0.2) is 24.3 Å². The van der Waals surface area contributed by atoms with E-state index in [1.165, 1.54) is 0 Å². The second-order valence-corrected chi connectivity index (χ2v) is 5.01. The van der Waals surface area contributed by atoms with E-state index in [2.05, 4.69) is 20.8 Å². The van der Waals surface area contributed by atoms with Crippen LogP contribution in [-0.4, -0.2) is 6.61 Å². The van der Waals surface area contributed by atoms with E-state index < -0.39 is 0 Å². The van der Waals surface area contributed by atoms with Gasteiger partial charge in [0, 0.05) is 5.02 Å². The molecule has 0 aliphatic carbocycles. The minimum atomic E-state index is 0.251. The van der Waals surface area contributed by atoms with Gasteiger partial charge in [0.15, 0.2) is 0 Å². The van der Waals surface area contributed by atoms with E-state index >= 15 is 0 Å². The summed E-state index contributed by atoms with van der Waals surface area (Å²) in [6, 6.07) is 7.81. The molecular weight excluding hydrogens is 208 g/mol. The largest absolute Gasteiger partial charge is 0.376 e. The Morgan fingerprint density at radius 1 is 1.27 bits per heavy atom. The van der Waals surface area contributed by atoms with Crippen LogP contribution in [0, 0.1) is 5.41 Å². The molecule has 0 unspecified atom stereocenters. The van der Waals surface area contributed by atoms with Crippen molar-refractivity contribution in [3.8, 4) is 0 Å². The summed E-state index contributed by atoms with van der Waals surface area (Å²) in [4.78, 5) is 0. The van der Waals surface area contributed by atoms with Crippen LogP contribution in [0.1, 0.15) is 32.8 Å². The van der Waals surface area contributed by atoms with E-state index in [0.29, 0.717) is 6.61 Å². The highest BCUT2D eigenvalue weighted by Crippen LogP contribution is 2.21. The van der Waals surface area contributed by atoms with Crippen molar-refractivity contribution in [3.05, 3.63) is 34.9 Å². The zero-order chi connectivity index (χ0) is 11.3. The van der Waals surface area contributed by atoms with Crippen LogP contribution in [0.25, 0.3) is 0 Å². The lowest BCUT2D eigenvalue weighted by Crippen LogP contribution is -2.17. The van der Waals surface area contributed by atoms with E-state index in [4.69, 9.17) is 16.3 Å². The highest BCUT2D eigenvalue weighted by Gasteiger charge is 2.15. The van der Waals surface area contributed by atoms with Gasteiger partial charge in [-0.25, -0.2) is 0 Å². The summed E-state index contributed by atoms with van der Waals surface area (Å²) in [7, 11) is 0. The van der Waals surface area contributed by atoms with Gasteiger partial charge in [0.1, 0.15) is 0 Å². The smallest absolute Gasteiger partial charge is 0.0731 e. The summed E-state index contributed by atoms with van der Waals surface area (Å²) in [6.45, 7) is 7.97. The Morgan fingerprint density at radius 2 is 1.93 bits per heavy atom. The number of halogens is 1. The van der Waals surface area contributed by atoms with Crippen molar-refractivity contribution in [2.45, 2.75) is 33.8 Å². The maximum atomic E-state index is 6.03. The third-order valence-electron chi connectivity index (χ3n) is 2.67. The number of benzene rings is 1. The standard InChI is InChI=1S/C13H19ClO/c1-4-13(2,3)10-15-9-11-7-5-6-8-12(11)14/h5-8H,4,9-10H2,1-3H3. The van der Waals surface area contributed by atoms with Crippen molar-refractivity contribution in [1.29, 1.82) is 0 Å². The highest BCUT2D eigenvalue weighted by molar-refractivity contribution is 6.31. The highest BCUT2D eigenvalue weighted by atomic mass is 35.5. The topological polar surface area (TPSA) is 9.23 Å². The third kappa shape index (κ3) is 4.23. The van der Waals surface area contributed by atoms with Crippen molar-refractivity contribution in [2.75, 3.05) is 6.61 Å². The molecule has 0 atom stereocenters. The summed E-state index contributed by atoms with van der Waals surface area (Å²) in [5.74, 6) is 0. The number of hydrogen-bond donors (Lipinski definition) is 0. The molecule has 0 bridgehead atoms. The van der Waals surface area contributed by atoms with Gasteiger partial charge in [0.2, 0.25) is 0 Å². The molecule has 0 saturated carbocycles. The predicted octanol–water partition coefficient (Wildman–Crippen LogP) is 4.29. The summed E-state index contributed by atoms with van der Waals surface area (Å²) < 4.78 is 5.67. The van der Waals surface area contributed by atoms with Crippen LogP contribution in [-0.2, 0) is 11.3 Å². The summed E-state index contributed by atoms with van der Waals surface area (Å²) in [5, 5.41) is 0.784. The summed E-state index contributed by atoms with van der Waals surface area (Å²) >= 11 is 6.03. The maximum absolute atomic E-state index is 6.03. The van der Waals surface area contributed by atoms with E-state index in [1.807, 2.05) is 24.3 Å². The fraction of sp³-hybridized carbons (Fsp3) is 0.538. The SMILES string of the molecule is CCC(C)(C)COCc1ccccc1Cl. The molecule has 1 aromatic rings. The Balaban J connectivity index is 2.42. The van der Waals surface area contributed by atoms with Gasteiger partial charge in [-0.05, 0) is 23.5 Å². The molecule has 0 heterocycles. The maximum Gasteiger partial charge on any atom is 0.0731 e. The molecule has 1 rings (SSSR count). The van der Waals surface area contributed by atoms with Crippen LogP contribution >= 0.6 is 11.6 Å². The van der Waals surface area contributed by atoms with Crippen molar-refractivity contribution in [1.82, 2.24) is 0 Å². The van der Waals surface area contributed by atoms with Gasteiger partial charge in [-0.15, -0.1) is 0 Å². The minimum Gasteiger partial charge on any atom is -0.376 e. The normalized spacial score (nSPS) is 11.7. The lowest BCUT2D eigenvalue weighted by molar-refractivity contribution is 0.0495. The number of rotatable bonds is 5. The molecule has 15 heavy (non-hydrogen) atoms. The van der Waals surface area contributed by atoms with E-state index in [1.54, 1.807) is 0 Å². The first-order valence-corrected chi connectivity index (χ1v) is 5.74. The second-order valence-electron chi connectivity index (χ2n) is 4.60. The fourth-order valence-electron chi connectivity index (χ4n) is 1.15. The van der Waals surface area contributed by atoms with Gasteiger partial charge in [0.25, 0.3) is 0 Å². The average molecular weight is 227 g/mol. The average Bonchev–Trinajstić information content (AvgIpc) is 2.21. The number of ether oxygens (including phenoxy) is 1. The van der Waals surface area contributed by atoms with Gasteiger partial charge in [-0.2, -0.15) is 0 Å². The molecule has 0 spiro atoms. The van der Waals surface area contributed by atoms with Gasteiger partial charge >= 0.3 is 0 Å². The molecule has 1 nitrogen and oxygen atoms in total. The zero-order valence-corrected chi connectivity index (χ0v) is 10.5. The first kappa shape index (κ1) is 12.5. The van der Waals surface area contributed by atoms with Crippen molar-refractivity contribution < 1.29 is 4.74 Å². The molecule has 0 N–H and O–H groups in total. The van der Waals surface area contributed by atoms with Gasteiger partial charge in [-0.1, -0.05) is 50.6 Å². The summed E-state index contributed by atoms with van der Waals surface area (Å²) in [6.07, 6.45) is 1.12. The second kappa shape index (κ2) is 5.53. The molecule has 0 saturated heterocycles. The first-order valence-electron chi connectivity index (χ1n) is 5.36. The van der Waals surface area contributed by atoms with E-state index in [-0.39, 0.29) is 5.41 Å². The number of hydrogen-bond acceptors (Lipinski definition) is 1. The van der Waals surface area contributed by atoms with E-state index in [9.17, 15) is 0 Å². The Hall–Kier alpha value is -0.530. The molecule has 1 aromatic carbocycles. The lowest BCUT2D eigenvalue weighted by Gasteiger charge is -2.22. The third-order valence-corrected chi connectivity index (χ3v) is 3.03. The van der Waals surface area contributed by atoms with Crippen LogP contribution in [0.3, 0.4) is 0 Å². The predicted molar refractivity (Wildman–Crippen MR) is 65.2 cm³/mol. The fourth-order valence-corrected chi connectivity index (χ4v) is 1.35. The molecule has 0 amide bonds. The Bertz CT molecular complexity index is 307. The van der Waals surface area contributed by atoms with Gasteiger partial charge in [0.05, 0.1) is 13.2 Å². The van der Waals surface area contributed by atoms with Crippen molar-refractivity contribution in [3.63, 3.8) is 0 Å². The Morgan fingerprint density at radius 3 is 2.53 bits per heavy atom. The Kier molecular flexibility index (Phi) is 4.62. The molecule has 0 radical (unpaired) electrons. The molecule has 0 fully saturated rings. The van der Waals surface area contributed by atoms with Crippen LogP contribution in [0.5, 0.6) is 0 Å². The van der Waals surface area contributed by atoms with E-state index in [0.717, 1.165) is 23.6 Å². The van der Waals surface area contributed by atoms with Gasteiger partial charge < -0.3 is 4.74 Å². The lowest BCUT2D eigenvalue weighted by atomic mass is 9.92. The molecule has 0 aliphatic rings. The molecule has 84 valence electrons. The van der Waals surface area contributed by atoms with Crippen molar-refractivity contribution >= 4 is 11.6 Å². The van der Waals surface area contributed by atoms with Crippen molar-refractivity contribution in [2.24, 2.45) is 5.41 Å². The zero-order valence-electron chi connectivity index (χ0n) is 9.72. The molecule has 0 aliphatic heterocycles. The quantitative estimate of drug-likeness (QED) is 0.728.